The van der Waals surface area contributed by atoms with Gasteiger partial charge in [-0.3, -0.25) is 14.3 Å². The van der Waals surface area contributed by atoms with Gasteiger partial charge >= 0.3 is 0 Å². The average molecular weight is 346 g/mol. The smallest absolute Gasteiger partial charge is 0.257 e. The molecule has 0 aliphatic carbocycles. The van der Waals surface area contributed by atoms with Crippen LogP contribution in [0, 0.1) is 13.8 Å². The third kappa shape index (κ3) is 3.70. The van der Waals surface area contributed by atoms with Crippen LogP contribution in [-0.4, -0.2) is 67.9 Å². The Kier molecular flexibility index (Phi) is 4.82. The molecule has 0 aromatic carbocycles. The summed E-state index contributed by atoms with van der Waals surface area (Å²) < 4.78 is 6.28. The fourth-order valence-corrected chi connectivity index (χ4v) is 3.01. The molecule has 2 aromatic rings. The summed E-state index contributed by atoms with van der Waals surface area (Å²) in [6.07, 6.45) is 2.66. The number of carbonyl (C=O) groups excluding carboxylic acids is 2. The molecule has 3 heterocycles. The standard InChI is InChI=1S/C16H22N6O3/c1-11-13(10-20(3)17-11)16(24)22-6-4-5-21(7-8-22)15(23)9-14-12(2)18-25-19-14/h10H,4-9H2,1-3H3. The van der Waals surface area contributed by atoms with Crippen LogP contribution in [0.25, 0.3) is 0 Å². The quantitative estimate of drug-likeness (QED) is 0.795. The number of nitrogens with zero attached hydrogens (tertiary/aromatic N) is 6. The molecule has 0 radical (unpaired) electrons. The van der Waals surface area contributed by atoms with E-state index in [2.05, 4.69) is 20.0 Å². The fourth-order valence-electron chi connectivity index (χ4n) is 3.01. The van der Waals surface area contributed by atoms with E-state index in [0.717, 1.165) is 12.1 Å². The van der Waals surface area contributed by atoms with Gasteiger partial charge in [-0.2, -0.15) is 5.10 Å². The first-order valence-electron chi connectivity index (χ1n) is 8.31. The summed E-state index contributed by atoms with van der Waals surface area (Å²) in [6, 6.07) is 0. The van der Waals surface area contributed by atoms with Crippen molar-refractivity contribution in [1.82, 2.24) is 29.9 Å². The monoisotopic (exact) mass is 346 g/mol. The van der Waals surface area contributed by atoms with Crippen molar-refractivity contribution in [3.63, 3.8) is 0 Å². The second-order valence-corrected chi connectivity index (χ2v) is 6.30. The zero-order valence-electron chi connectivity index (χ0n) is 14.7. The van der Waals surface area contributed by atoms with E-state index in [-0.39, 0.29) is 18.2 Å². The number of amides is 2. The number of aryl methyl sites for hydroxylation is 3. The molecule has 2 amide bonds. The summed E-state index contributed by atoms with van der Waals surface area (Å²) in [6.45, 7) is 5.86. The maximum Gasteiger partial charge on any atom is 0.257 e. The van der Waals surface area contributed by atoms with E-state index in [9.17, 15) is 9.59 Å². The molecule has 0 bridgehead atoms. The Balaban J connectivity index is 1.62. The third-order valence-corrected chi connectivity index (χ3v) is 4.44. The average Bonchev–Trinajstić information content (AvgIpc) is 3.02. The molecule has 9 nitrogen and oxygen atoms in total. The van der Waals surface area contributed by atoms with E-state index >= 15 is 0 Å². The minimum Gasteiger partial charge on any atom is -0.341 e. The van der Waals surface area contributed by atoms with Crippen LogP contribution in [0.15, 0.2) is 10.8 Å². The van der Waals surface area contributed by atoms with Gasteiger partial charge in [-0.1, -0.05) is 10.3 Å². The first-order chi connectivity index (χ1) is 12.0. The fraction of sp³-hybridized carbons (Fsp3) is 0.562. The van der Waals surface area contributed by atoms with E-state index in [0.29, 0.717) is 43.1 Å². The zero-order valence-corrected chi connectivity index (χ0v) is 14.7. The molecule has 1 saturated heterocycles. The van der Waals surface area contributed by atoms with Crippen LogP contribution in [0.5, 0.6) is 0 Å². The molecule has 1 aliphatic rings. The summed E-state index contributed by atoms with van der Waals surface area (Å²) in [7, 11) is 1.80. The van der Waals surface area contributed by atoms with Gasteiger partial charge in [0, 0.05) is 39.4 Å². The van der Waals surface area contributed by atoms with Gasteiger partial charge in [0.1, 0.15) is 11.4 Å². The maximum atomic E-state index is 12.7. The first kappa shape index (κ1) is 17.1. The molecule has 0 atom stereocenters. The molecule has 0 N–H and O–H groups in total. The molecule has 2 aromatic heterocycles. The van der Waals surface area contributed by atoms with Crippen molar-refractivity contribution in [2.24, 2.45) is 7.05 Å². The first-order valence-corrected chi connectivity index (χ1v) is 8.31. The topological polar surface area (TPSA) is 97.4 Å². The number of rotatable bonds is 3. The van der Waals surface area contributed by atoms with Crippen molar-refractivity contribution in [3.05, 3.63) is 28.8 Å². The van der Waals surface area contributed by atoms with Gasteiger partial charge < -0.3 is 9.80 Å². The van der Waals surface area contributed by atoms with Crippen LogP contribution in [-0.2, 0) is 18.3 Å². The van der Waals surface area contributed by atoms with Crippen molar-refractivity contribution < 1.29 is 14.2 Å². The summed E-state index contributed by atoms with van der Waals surface area (Å²) in [5, 5.41) is 11.7. The Hall–Kier alpha value is -2.71. The second kappa shape index (κ2) is 7.04. The van der Waals surface area contributed by atoms with E-state index in [4.69, 9.17) is 0 Å². The van der Waals surface area contributed by atoms with Crippen molar-refractivity contribution in [2.45, 2.75) is 26.7 Å². The van der Waals surface area contributed by atoms with Gasteiger partial charge in [0.25, 0.3) is 5.91 Å². The molecule has 3 rings (SSSR count). The molecule has 0 unspecified atom stereocenters. The lowest BCUT2D eigenvalue weighted by Crippen LogP contribution is -2.38. The molecule has 1 aliphatic heterocycles. The highest BCUT2D eigenvalue weighted by Crippen LogP contribution is 2.13. The summed E-state index contributed by atoms with van der Waals surface area (Å²) in [5.74, 6) is -0.0536. The van der Waals surface area contributed by atoms with Crippen molar-refractivity contribution in [3.8, 4) is 0 Å². The lowest BCUT2D eigenvalue weighted by Gasteiger charge is -2.22. The highest BCUT2D eigenvalue weighted by molar-refractivity contribution is 5.95. The zero-order chi connectivity index (χ0) is 18.0. The molecule has 134 valence electrons. The van der Waals surface area contributed by atoms with Crippen LogP contribution >= 0.6 is 0 Å². The summed E-state index contributed by atoms with van der Waals surface area (Å²) in [4.78, 5) is 28.7. The molecular weight excluding hydrogens is 324 g/mol. The maximum absolute atomic E-state index is 12.7. The summed E-state index contributed by atoms with van der Waals surface area (Å²) in [5.41, 5.74) is 2.53. The van der Waals surface area contributed by atoms with Gasteiger partial charge in [-0.15, -0.1) is 0 Å². The van der Waals surface area contributed by atoms with E-state index in [1.54, 1.807) is 34.6 Å². The molecule has 9 heteroatoms. The second-order valence-electron chi connectivity index (χ2n) is 6.30. The van der Waals surface area contributed by atoms with Crippen LogP contribution in [0.3, 0.4) is 0 Å². The molecule has 0 spiro atoms. The SMILES string of the molecule is Cc1nn(C)cc1C(=O)N1CCCN(C(=O)Cc2nonc2C)CC1. The highest BCUT2D eigenvalue weighted by Gasteiger charge is 2.25. The number of hydrogen-bond acceptors (Lipinski definition) is 6. The Labute approximate surface area is 145 Å². The lowest BCUT2D eigenvalue weighted by atomic mass is 10.2. The van der Waals surface area contributed by atoms with Gasteiger partial charge in [-0.05, 0) is 20.3 Å². The van der Waals surface area contributed by atoms with E-state index in [1.807, 2.05) is 6.92 Å². The predicted molar refractivity (Wildman–Crippen MR) is 87.8 cm³/mol. The molecular formula is C16H22N6O3. The Bertz CT molecular complexity index is 781. The van der Waals surface area contributed by atoms with Gasteiger partial charge in [0.15, 0.2) is 0 Å². The van der Waals surface area contributed by atoms with Crippen molar-refractivity contribution in [2.75, 3.05) is 26.2 Å². The Morgan fingerprint density at radius 3 is 2.44 bits per heavy atom. The van der Waals surface area contributed by atoms with Gasteiger partial charge in [0.2, 0.25) is 5.91 Å². The molecule has 0 saturated carbocycles. The number of carbonyl (C=O) groups is 2. The lowest BCUT2D eigenvalue weighted by molar-refractivity contribution is -0.130. The molecule has 25 heavy (non-hydrogen) atoms. The predicted octanol–water partition coefficient (Wildman–Crippen LogP) is 0.337. The van der Waals surface area contributed by atoms with Gasteiger partial charge in [0.05, 0.1) is 17.7 Å². The third-order valence-electron chi connectivity index (χ3n) is 4.44. The Morgan fingerprint density at radius 1 is 1.08 bits per heavy atom. The van der Waals surface area contributed by atoms with E-state index in [1.165, 1.54) is 0 Å². The minimum atomic E-state index is -0.0311. The van der Waals surface area contributed by atoms with Crippen molar-refractivity contribution >= 4 is 11.8 Å². The Morgan fingerprint density at radius 2 is 1.80 bits per heavy atom. The molecule has 1 fully saturated rings. The van der Waals surface area contributed by atoms with E-state index < -0.39 is 0 Å². The van der Waals surface area contributed by atoms with Crippen LogP contribution in [0.2, 0.25) is 0 Å². The minimum absolute atomic E-state index is 0.0225. The largest absolute Gasteiger partial charge is 0.341 e. The van der Waals surface area contributed by atoms with Crippen LogP contribution in [0.1, 0.15) is 33.9 Å². The van der Waals surface area contributed by atoms with Crippen LogP contribution < -0.4 is 0 Å². The van der Waals surface area contributed by atoms with Crippen molar-refractivity contribution in [1.29, 1.82) is 0 Å². The number of hydrogen-bond donors (Lipinski definition) is 0. The van der Waals surface area contributed by atoms with Gasteiger partial charge in [-0.25, -0.2) is 4.63 Å². The number of aromatic nitrogens is 4. The summed E-state index contributed by atoms with van der Waals surface area (Å²) >= 11 is 0. The highest BCUT2D eigenvalue weighted by atomic mass is 16.6. The van der Waals surface area contributed by atoms with Crippen LogP contribution in [0.4, 0.5) is 0 Å². The normalized spacial score (nSPS) is 15.3.